The fourth-order valence-electron chi connectivity index (χ4n) is 1.03. The minimum absolute atomic E-state index is 0.133. The monoisotopic (exact) mass is 159 g/mol. The molecule has 0 radical (unpaired) electrons. The first kappa shape index (κ1) is 10.2. The van der Waals surface area contributed by atoms with Gasteiger partial charge in [0.25, 0.3) is 0 Å². The standard InChI is InChI=1S/C8H21NSi/c1-3-5-6-7-8-10-9-4-2/h9H,3-8,10H2,1-2H3. The van der Waals surface area contributed by atoms with Gasteiger partial charge in [-0.1, -0.05) is 39.5 Å². The second kappa shape index (κ2) is 9.18. The van der Waals surface area contributed by atoms with Crippen molar-refractivity contribution in [1.29, 1.82) is 0 Å². The van der Waals surface area contributed by atoms with Crippen molar-refractivity contribution in [3.8, 4) is 0 Å². The van der Waals surface area contributed by atoms with E-state index in [4.69, 9.17) is 0 Å². The van der Waals surface area contributed by atoms with Crippen LogP contribution in [0.15, 0.2) is 0 Å². The van der Waals surface area contributed by atoms with Gasteiger partial charge in [-0.3, -0.25) is 0 Å². The molecule has 0 aliphatic carbocycles. The maximum atomic E-state index is 3.46. The van der Waals surface area contributed by atoms with Crippen molar-refractivity contribution in [2.45, 2.75) is 45.6 Å². The van der Waals surface area contributed by atoms with Crippen LogP contribution in [0.1, 0.15) is 39.5 Å². The highest BCUT2D eigenvalue weighted by Gasteiger charge is 1.87. The molecular formula is C8H21NSi. The lowest BCUT2D eigenvalue weighted by Crippen LogP contribution is -2.17. The third-order valence-electron chi connectivity index (χ3n) is 1.71. The van der Waals surface area contributed by atoms with Gasteiger partial charge < -0.3 is 4.98 Å². The predicted octanol–water partition coefficient (Wildman–Crippen LogP) is 1.68. The van der Waals surface area contributed by atoms with E-state index in [-0.39, 0.29) is 9.68 Å². The zero-order valence-electron chi connectivity index (χ0n) is 7.45. The smallest absolute Gasteiger partial charge is 0.0916 e. The summed E-state index contributed by atoms with van der Waals surface area (Å²) in [5.74, 6) is 0. The summed E-state index contributed by atoms with van der Waals surface area (Å²) in [4.78, 5) is 3.46. The minimum Gasteiger partial charge on any atom is -0.342 e. The summed E-state index contributed by atoms with van der Waals surface area (Å²) in [7, 11) is 0.133. The molecule has 1 N–H and O–H groups in total. The van der Waals surface area contributed by atoms with E-state index in [0.717, 1.165) is 0 Å². The first-order chi connectivity index (χ1) is 4.91. The summed E-state index contributed by atoms with van der Waals surface area (Å²) >= 11 is 0. The van der Waals surface area contributed by atoms with Crippen molar-refractivity contribution in [3.05, 3.63) is 0 Å². The third-order valence-corrected chi connectivity index (χ3v) is 3.41. The second-order valence-corrected chi connectivity index (χ2v) is 4.47. The van der Waals surface area contributed by atoms with E-state index in [0.29, 0.717) is 0 Å². The predicted molar refractivity (Wildman–Crippen MR) is 51.2 cm³/mol. The van der Waals surface area contributed by atoms with Gasteiger partial charge in [0, 0.05) is 0 Å². The first-order valence-corrected chi connectivity index (χ1v) is 6.33. The third kappa shape index (κ3) is 8.18. The van der Waals surface area contributed by atoms with Crippen LogP contribution in [0, 0.1) is 0 Å². The molecule has 0 amide bonds. The second-order valence-electron chi connectivity index (χ2n) is 2.77. The van der Waals surface area contributed by atoms with Gasteiger partial charge >= 0.3 is 0 Å². The molecule has 0 bridgehead atoms. The van der Waals surface area contributed by atoms with Gasteiger partial charge in [0.1, 0.15) is 0 Å². The molecule has 0 atom stereocenters. The fraction of sp³-hybridized carbons (Fsp3) is 1.00. The van der Waals surface area contributed by atoms with E-state index in [9.17, 15) is 0 Å². The van der Waals surface area contributed by atoms with Crippen molar-refractivity contribution in [1.82, 2.24) is 4.98 Å². The van der Waals surface area contributed by atoms with Crippen molar-refractivity contribution in [2.24, 2.45) is 0 Å². The molecule has 0 aromatic heterocycles. The summed E-state index contributed by atoms with van der Waals surface area (Å²) in [6.45, 7) is 5.64. The lowest BCUT2D eigenvalue weighted by atomic mass is 10.2. The van der Waals surface area contributed by atoms with Crippen LogP contribution in [-0.2, 0) is 0 Å². The quantitative estimate of drug-likeness (QED) is 0.440. The van der Waals surface area contributed by atoms with Crippen LogP contribution in [0.25, 0.3) is 0 Å². The Morgan fingerprint density at radius 2 is 1.90 bits per heavy atom. The van der Waals surface area contributed by atoms with Crippen LogP contribution in [0.2, 0.25) is 6.04 Å². The molecule has 0 rings (SSSR count). The maximum absolute atomic E-state index is 3.46. The lowest BCUT2D eigenvalue weighted by molar-refractivity contribution is 0.698. The van der Waals surface area contributed by atoms with Gasteiger partial charge in [-0.2, -0.15) is 0 Å². The Bertz CT molecular complexity index is 49.2. The van der Waals surface area contributed by atoms with E-state index in [2.05, 4.69) is 18.8 Å². The topological polar surface area (TPSA) is 12.0 Å². The molecule has 0 unspecified atom stereocenters. The SMILES string of the molecule is CCCCCC[SiH2]NCC. The van der Waals surface area contributed by atoms with E-state index >= 15 is 0 Å². The minimum atomic E-state index is 0.133. The van der Waals surface area contributed by atoms with Gasteiger partial charge in [-0.25, -0.2) is 0 Å². The first-order valence-electron chi connectivity index (χ1n) is 4.62. The molecule has 10 heavy (non-hydrogen) atoms. The van der Waals surface area contributed by atoms with Crippen molar-refractivity contribution >= 4 is 9.68 Å². The average Bonchev–Trinajstić information content (AvgIpc) is 1.97. The van der Waals surface area contributed by atoms with Crippen molar-refractivity contribution < 1.29 is 0 Å². The Balaban J connectivity index is 2.65. The van der Waals surface area contributed by atoms with Gasteiger partial charge in [0.15, 0.2) is 0 Å². The average molecular weight is 159 g/mol. The van der Waals surface area contributed by atoms with Gasteiger partial charge in [0.05, 0.1) is 9.68 Å². The van der Waals surface area contributed by atoms with Crippen LogP contribution in [-0.4, -0.2) is 16.2 Å². The Labute approximate surface area is 67.5 Å². The van der Waals surface area contributed by atoms with Gasteiger partial charge in [-0.05, 0) is 12.6 Å². The molecule has 0 aromatic rings. The molecule has 62 valence electrons. The molecular weight excluding hydrogens is 138 g/mol. The Hall–Kier alpha value is 0.177. The Kier molecular flexibility index (Phi) is 9.34. The number of unbranched alkanes of at least 4 members (excludes halogenated alkanes) is 3. The van der Waals surface area contributed by atoms with Gasteiger partial charge in [0.2, 0.25) is 0 Å². The number of hydrogen-bond acceptors (Lipinski definition) is 1. The molecule has 0 aliphatic heterocycles. The molecule has 0 heterocycles. The maximum Gasteiger partial charge on any atom is 0.0916 e. The number of rotatable bonds is 7. The molecule has 0 saturated carbocycles. The number of nitrogens with one attached hydrogen (secondary N) is 1. The highest BCUT2D eigenvalue weighted by molar-refractivity contribution is 6.31. The summed E-state index contributed by atoms with van der Waals surface area (Å²) in [6.07, 6.45) is 5.71. The molecule has 0 aromatic carbocycles. The van der Waals surface area contributed by atoms with Crippen LogP contribution in [0.4, 0.5) is 0 Å². The van der Waals surface area contributed by atoms with Crippen LogP contribution in [0.5, 0.6) is 0 Å². The zero-order chi connectivity index (χ0) is 7.66. The van der Waals surface area contributed by atoms with Crippen molar-refractivity contribution in [2.75, 3.05) is 6.54 Å². The van der Waals surface area contributed by atoms with Crippen LogP contribution in [0.3, 0.4) is 0 Å². The van der Waals surface area contributed by atoms with E-state index in [1.807, 2.05) is 0 Å². The Morgan fingerprint density at radius 3 is 2.50 bits per heavy atom. The van der Waals surface area contributed by atoms with Crippen molar-refractivity contribution in [3.63, 3.8) is 0 Å². The fourth-order valence-corrected chi connectivity index (χ4v) is 2.24. The molecule has 1 nitrogen and oxygen atoms in total. The normalized spacial score (nSPS) is 11.4. The van der Waals surface area contributed by atoms with Gasteiger partial charge in [-0.15, -0.1) is 0 Å². The van der Waals surface area contributed by atoms with Crippen LogP contribution >= 0.6 is 0 Å². The number of hydrogen-bond donors (Lipinski definition) is 1. The zero-order valence-corrected chi connectivity index (χ0v) is 8.86. The summed E-state index contributed by atoms with van der Waals surface area (Å²) in [5, 5.41) is 0. The van der Waals surface area contributed by atoms with E-state index in [1.54, 1.807) is 0 Å². The lowest BCUT2D eigenvalue weighted by Gasteiger charge is -1.99. The molecule has 2 heteroatoms. The summed E-state index contributed by atoms with van der Waals surface area (Å²) in [6, 6.07) is 1.49. The van der Waals surface area contributed by atoms with Crippen LogP contribution < -0.4 is 4.98 Å². The highest BCUT2D eigenvalue weighted by atomic mass is 28.2. The van der Waals surface area contributed by atoms with E-state index < -0.39 is 0 Å². The summed E-state index contributed by atoms with van der Waals surface area (Å²) < 4.78 is 0. The molecule has 0 spiro atoms. The molecule has 0 saturated heterocycles. The summed E-state index contributed by atoms with van der Waals surface area (Å²) in [5.41, 5.74) is 0. The molecule has 0 fully saturated rings. The largest absolute Gasteiger partial charge is 0.342 e. The Morgan fingerprint density at radius 1 is 1.10 bits per heavy atom. The highest BCUT2D eigenvalue weighted by Crippen LogP contribution is 2.00. The molecule has 0 aliphatic rings. The van der Waals surface area contributed by atoms with E-state index in [1.165, 1.54) is 38.3 Å².